The molecule has 1 N–H and O–H groups in total. The molecule has 8 nitrogen and oxygen atoms in total. The minimum Gasteiger partial charge on any atom is -0.482 e. The van der Waals surface area contributed by atoms with Crippen molar-refractivity contribution in [3.63, 3.8) is 0 Å². The van der Waals surface area contributed by atoms with Gasteiger partial charge in [-0.05, 0) is 44.0 Å². The van der Waals surface area contributed by atoms with Crippen LogP contribution in [0.2, 0.25) is 0 Å². The number of aromatic nitrogens is 1. The van der Waals surface area contributed by atoms with Gasteiger partial charge in [0.05, 0.1) is 18.0 Å². The van der Waals surface area contributed by atoms with Crippen LogP contribution in [0.15, 0.2) is 47.8 Å². The fourth-order valence-electron chi connectivity index (χ4n) is 3.53. The predicted molar refractivity (Wildman–Crippen MR) is 130 cm³/mol. The van der Waals surface area contributed by atoms with E-state index in [1.54, 1.807) is 19.1 Å². The van der Waals surface area contributed by atoms with E-state index in [1.165, 1.54) is 21.8 Å². The van der Waals surface area contributed by atoms with E-state index in [9.17, 15) is 14.4 Å². The lowest BCUT2D eigenvalue weighted by atomic mass is 10.1. The Bertz CT molecular complexity index is 1210. The van der Waals surface area contributed by atoms with Crippen LogP contribution in [0.3, 0.4) is 0 Å². The fraction of sp³-hybridized carbons (Fsp3) is 0.280. The van der Waals surface area contributed by atoms with Gasteiger partial charge in [-0.1, -0.05) is 29.8 Å². The van der Waals surface area contributed by atoms with Gasteiger partial charge < -0.3 is 14.8 Å². The average Bonchev–Trinajstić information content (AvgIpc) is 3.29. The van der Waals surface area contributed by atoms with E-state index in [4.69, 9.17) is 9.47 Å². The molecular weight excluding hydrogens is 454 g/mol. The van der Waals surface area contributed by atoms with Crippen molar-refractivity contribution in [3.8, 4) is 17.0 Å². The van der Waals surface area contributed by atoms with E-state index in [2.05, 4.69) is 10.3 Å². The van der Waals surface area contributed by atoms with Crippen LogP contribution in [0.1, 0.15) is 24.5 Å². The van der Waals surface area contributed by atoms with Crippen molar-refractivity contribution < 1.29 is 23.9 Å². The summed E-state index contributed by atoms with van der Waals surface area (Å²) in [6, 6.07) is 13.4. The minimum absolute atomic E-state index is 0.105. The minimum atomic E-state index is -0.488. The van der Waals surface area contributed by atoms with Gasteiger partial charge in [-0.3, -0.25) is 19.3 Å². The lowest BCUT2D eigenvalue weighted by molar-refractivity contribution is -0.142. The number of hydrogen-bond acceptors (Lipinski definition) is 7. The molecule has 4 rings (SSSR count). The third-order valence-corrected chi connectivity index (χ3v) is 6.06. The largest absolute Gasteiger partial charge is 0.482 e. The molecule has 1 aliphatic rings. The number of carbonyl (C=O) groups is 3. The summed E-state index contributed by atoms with van der Waals surface area (Å²) in [7, 11) is 0. The Hall–Kier alpha value is -3.72. The average molecular weight is 480 g/mol. The molecule has 0 atom stereocenters. The normalized spacial score (nSPS) is 12.6. The zero-order chi connectivity index (χ0) is 24.1. The van der Waals surface area contributed by atoms with Crippen LogP contribution in [0, 0.1) is 6.92 Å². The van der Waals surface area contributed by atoms with Crippen LogP contribution < -0.4 is 15.0 Å². The number of amides is 2. The molecule has 9 heteroatoms. The van der Waals surface area contributed by atoms with Gasteiger partial charge in [0.2, 0.25) is 5.91 Å². The first kappa shape index (κ1) is 23.4. The van der Waals surface area contributed by atoms with E-state index >= 15 is 0 Å². The molecule has 2 aromatic carbocycles. The maximum absolute atomic E-state index is 12.4. The van der Waals surface area contributed by atoms with Crippen molar-refractivity contribution in [3.05, 3.63) is 59.0 Å². The number of thiazole rings is 1. The Morgan fingerprint density at radius 2 is 2.00 bits per heavy atom. The third-order valence-electron chi connectivity index (χ3n) is 5.30. The summed E-state index contributed by atoms with van der Waals surface area (Å²) in [5.74, 6) is -0.407. The Balaban J connectivity index is 1.44. The van der Waals surface area contributed by atoms with Gasteiger partial charge >= 0.3 is 5.97 Å². The number of nitrogens with one attached hydrogen (secondary N) is 1. The summed E-state index contributed by atoms with van der Waals surface area (Å²) in [5.41, 5.74) is 4.17. The van der Waals surface area contributed by atoms with Crippen LogP contribution in [-0.4, -0.2) is 42.5 Å². The first-order chi connectivity index (χ1) is 16.4. The molecule has 1 aliphatic heterocycles. The van der Waals surface area contributed by atoms with Crippen molar-refractivity contribution in [2.24, 2.45) is 0 Å². The molecule has 2 amide bonds. The van der Waals surface area contributed by atoms with Crippen molar-refractivity contribution in [2.75, 3.05) is 30.0 Å². The maximum Gasteiger partial charge on any atom is 0.326 e. The molecule has 0 fully saturated rings. The van der Waals surface area contributed by atoms with Gasteiger partial charge in [-0.15, -0.1) is 11.3 Å². The van der Waals surface area contributed by atoms with Crippen molar-refractivity contribution in [1.82, 2.24) is 4.98 Å². The van der Waals surface area contributed by atoms with Gasteiger partial charge in [0.1, 0.15) is 12.3 Å². The molecule has 0 saturated heterocycles. The van der Waals surface area contributed by atoms with Crippen molar-refractivity contribution in [1.29, 1.82) is 0 Å². The number of benzene rings is 2. The number of carbonyl (C=O) groups excluding carboxylic acids is 3. The molecule has 0 saturated carbocycles. The highest BCUT2D eigenvalue weighted by molar-refractivity contribution is 7.14. The summed E-state index contributed by atoms with van der Waals surface area (Å²) in [6.45, 7) is 3.66. The number of ether oxygens (including phenoxy) is 2. The van der Waals surface area contributed by atoms with Crippen LogP contribution in [0.25, 0.3) is 11.3 Å². The summed E-state index contributed by atoms with van der Waals surface area (Å²) in [5, 5.41) is 5.18. The standard InChI is InChI=1S/C25H25N3O5S/c1-3-32-24(31)13-28-20-12-18(9-10-21(20)33-14-23(28)30)19-15-34-25(26-19)27-22(29)11-8-17-6-4-16(2)5-7-17/h4-7,9-10,12,15H,3,8,11,13-14H2,1-2H3,(H,26,27,29). The van der Waals surface area contributed by atoms with Gasteiger partial charge in [0.25, 0.3) is 5.91 Å². The number of anilines is 2. The summed E-state index contributed by atoms with van der Waals surface area (Å²) in [4.78, 5) is 42.6. The Morgan fingerprint density at radius 3 is 2.76 bits per heavy atom. The predicted octanol–water partition coefficient (Wildman–Crippen LogP) is 3.98. The topological polar surface area (TPSA) is 97.8 Å². The van der Waals surface area contributed by atoms with Crippen LogP contribution in [0.5, 0.6) is 5.75 Å². The van der Waals surface area contributed by atoms with Crippen LogP contribution in [0.4, 0.5) is 10.8 Å². The molecule has 1 aromatic heterocycles. The number of rotatable bonds is 8. The number of hydrogen-bond donors (Lipinski definition) is 1. The van der Waals surface area contributed by atoms with E-state index in [1.807, 2.05) is 42.6 Å². The molecule has 0 aliphatic carbocycles. The smallest absolute Gasteiger partial charge is 0.326 e. The lowest BCUT2D eigenvalue weighted by Gasteiger charge is -2.28. The van der Waals surface area contributed by atoms with Crippen LogP contribution >= 0.6 is 11.3 Å². The molecule has 3 aromatic rings. The Morgan fingerprint density at radius 1 is 1.21 bits per heavy atom. The number of esters is 1. The molecule has 0 spiro atoms. The third kappa shape index (κ3) is 5.60. The molecular formula is C25H25N3O5S. The Labute approximate surface area is 201 Å². The highest BCUT2D eigenvalue weighted by atomic mass is 32.1. The van der Waals surface area contributed by atoms with Crippen molar-refractivity contribution >= 4 is 39.9 Å². The van der Waals surface area contributed by atoms with E-state index < -0.39 is 5.97 Å². The monoisotopic (exact) mass is 479 g/mol. The van der Waals surface area contributed by atoms with Gasteiger partial charge in [0, 0.05) is 17.4 Å². The summed E-state index contributed by atoms with van der Waals surface area (Å²) >= 11 is 1.32. The zero-order valence-corrected chi connectivity index (χ0v) is 19.8. The van der Waals surface area contributed by atoms with Gasteiger partial charge in [-0.2, -0.15) is 0 Å². The second-order valence-electron chi connectivity index (χ2n) is 7.83. The van der Waals surface area contributed by atoms with Gasteiger partial charge in [-0.25, -0.2) is 4.98 Å². The first-order valence-electron chi connectivity index (χ1n) is 11.0. The zero-order valence-electron chi connectivity index (χ0n) is 19.0. The van der Waals surface area contributed by atoms with E-state index in [0.29, 0.717) is 35.1 Å². The number of aryl methyl sites for hydroxylation is 2. The molecule has 34 heavy (non-hydrogen) atoms. The van der Waals surface area contributed by atoms with E-state index in [-0.39, 0.29) is 31.6 Å². The molecule has 2 heterocycles. The lowest BCUT2D eigenvalue weighted by Crippen LogP contribution is -2.42. The summed E-state index contributed by atoms with van der Waals surface area (Å²) < 4.78 is 10.5. The quantitative estimate of drug-likeness (QED) is 0.491. The number of nitrogens with zero attached hydrogens (tertiary/aromatic N) is 2. The maximum atomic E-state index is 12.4. The Kier molecular flexibility index (Phi) is 7.22. The van der Waals surface area contributed by atoms with Crippen LogP contribution in [-0.2, 0) is 25.5 Å². The molecule has 0 unspecified atom stereocenters. The molecule has 176 valence electrons. The molecule has 0 bridgehead atoms. The highest BCUT2D eigenvalue weighted by Gasteiger charge is 2.28. The van der Waals surface area contributed by atoms with E-state index in [0.717, 1.165) is 11.1 Å². The SMILES string of the molecule is CCOC(=O)CN1C(=O)COc2ccc(-c3csc(NC(=O)CCc4ccc(C)cc4)n3)cc21. The second-order valence-corrected chi connectivity index (χ2v) is 8.69. The number of fused-ring (bicyclic) bond motifs is 1. The molecule has 0 radical (unpaired) electrons. The first-order valence-corrected chi connectivity index (χ1v) is 11.8. The van der Waals surface area contributed by atoms with Crippen molar-refractivity contribution in [2.45, 2.75) is 26.7 Å². The summed E-state index contributed by atoms with van der Waals surface area (Å²) in [6.07, 6.45) is 1.01. The van der Waals surface area contributed by atoms with Gasteiger partial charge in [0.15, 0.2) is 11.7 Å². The highest BCUT2D eigenvalue weighted by Crippen LogP contribution is 2.36. The second kappa shape index (κ2) is 10.5. The fourth-order valence-corrected chi connectivity index (χ4v) is 4.26.